The Bertz CT molecular complexity index is 409. The molecule has 6 heteroatoms. The second kappa shape index (κ2) is 6.56. The van der Waals surface area contributed by atoms with Gasteiger partial charge in [0, 0.05) is 24.8 Å². The monoisotopic (exact) mass is 268 g/mol. The molecule has 1 aromatic rings. The van der Waals surface area contributed by atoms with E-state index >= 15 is 0 Å². The third-order valence-electron chi connectivity index (χ3n) is 2.44. The van der Waals surface area contributed by atoms with Gasteiger partial charge in [0.2, 0.25) is 0 Å². The Morgan fingerprint density at radius 3 is 2.74 bits per heavy atom. The van der Waals surface area contributed by atoms with Crippen LogP contribution in [-0.4, -0.2) is 34.2 Å². The molecule has 1 rings (SSSR count). The average Bonchev–Trinajstić information content (AvgIpc) is 2.61. The van der Waals surface area contributed by atoms with Gasteiger partial charge in [0.1, 0.15) is 5.60 Å². The molecule has 1 atom stereocenters. The number of imidazole rings is 1. The van der Waals surface area contributed by atoms with E-state index in [1.807, 2.05) is 34.6 Å². The minimum atomic E-state index is -0.469. The number of aryl methyl sites for hydroxylation is 1. The van der Waals surface area contributed by atoms with Crippen LogP contribution in [-0.2, 0) is 11.3 Å². The zero-order chi connectivity index (χ0) is 14.5. The van der Waals surface area contributed by atoms with Crippen molar-refractivity contribution >= 4 is 6.09 Å². The number of alkyl carbamates (subject to hydrolysis) is 1. The SMILES string of the molecule is Cc1[nH]cnc1CNCC(C)NC(=O)OC(C)(C)C. The van der Waals surface area contributed by atoms with Crippen molar-refractivity contribution in [1.29, 1.82) is 0 Å². The number of carbonyl (C=O) groups is 1. The zero-order valence-electron chi connectivity index (χ0n) is 12.3. The van der Waals surface area contributed by atoms with E-state index in [1.165, 1.54) is 0 Å². The van der Waals surface area contributed by atoms with Gasteiger partial charge in [-0.2, -0.15) is 0 Å². The van der Waals surface area contributed by atoms with E-state index in [2.05, 4.69) is 20.6 Å². The van der Waals surface area contributed by atoms with E-state index in [1.54, 1.807) is 6.33 Å². The highest BCUT2D eigenvalue weighted by molar-refractivity contribution is 5.68. The Morgan fingerprint density at radius 2 is 2.21 bits per heavy atom. The Labute approximate surface area is 114 Å². The van der Waals surface area contributed by atoms with Gasteiger partial charge >= 0.3 is 6.09 Å². The fourth-order valence-electron chi connectivity index (χ4n) is 1.53. The summed E-state index contributed by atoms with van der Waals surface area (Å²) in [5, 5.41) is 6.02. The van der Waals surface area contributed by atoms with Gasteiger partial charge in [0.25, 0.3) is 0 Å². The lowest BCUT2D eigenvalue weighted by molar-refractivity contribution is 0.0508. The Balaban J connectivity index is 2.23. The number of H-pyrrole nitrogens is 1. The Kier molecular flexibility index (Phi) is 5.35. The number of aromatic nitrogens is 2. The number of nitrogens with zero attached hydrogens (tertiary/aromatic N) is 1. The van der Waals surface area contributed by atoms with Crippen molar-refractivity contribution in [3.63, 3.8) is 0 Å². The van der Waals surface area contributed by atoms with Gasteiger partial charge in [-0.15, -0.1) is 0 Å². The van der Waals surface area contributed by atoms with E-state index in [0.717, 1.165) is 11.4 Å². The summed E-state index contributed by atoms with van der Waals surface area (Å²) in [7, 11) is 0. The van der Waals surface area contributed by atoms with Crippen molar-refractivity contribution in [3.8, 4) is 0 Å². The van der Waals surface area contributed by atoms with Crippen molar-refractivity contribution in [2.75, 3.05) is 6.54 Å². The molecule has 0 aliphatic carbocycles. The number of hydrogen-bond donors (Lipinski definition) is 3. The third-order valence-corrected chi connectivity index (χ3v) is 2.44. The van der Waals surface area contributed by atoms with E-state index in [0.29, 0.717) is 13.1 Å². The highest BCUT2D eigenvalue weighted by Crippen LogP contribution is 2.06. The Morgan fingerprint density at radius 1 is 1.53 bits per heavy atom. The molecule has 0 saturated carbocycles. The molecular weight excluding hydrogens is 244 g/mol. The summed E-state index contributed by atoms with van der Waals surface area (Å²) in [6, 6.07) is -0.00546. The van der Waals surface area contributed by atoms with Crippen LogP contribution in [0.1, 0.15) is 39.1 Å². The van der Waals surface area contributed by atoms with Crippen LogP contribution in [0.5, 0.6) is 0 Å². The highest BCUT2D eigenvalue weighted by Gasteiger charge is 2.17. The van der Waals surface area contributed by atoms with E-state index in [-0.39, 0.29) is 6.04 Å². The van der Waals surface area contributed by atoms with E-state index < -0.39 is 11.7 Å². The summed E-state index contributed by atoms with van der Waals surface area (Å²) in [6.45, 7) is 10.8. The fraction of sp³-hybridized carbons (Fsp3) is 0.692. The van der Waals surface area contributed by atoms with Gasteiger partial charge in [-0.05, 0) is 34.6 Å². The first-order valence-corrected chi connectivity index (χ1v) is 6.47. The molecule has 0 spiro atoms. The Hall–Kier alpha value is -1.56. The zero-order valence-corrected chi connectivity index (χ0v) is 12.3. The third kappa shape index (κ3) is 6.24. The minimum absolute atomic E-state index is 0.00546. The number of amides is 1. The maximum Gasteiger partial charge on any atom is 0.407 e. The van der Waals surface area contributed by atoms with Gasteiger partial charge in [-0.1, -0.05) is 0 Å². The van der Waals surface area contributed by atoms with Gasteiger partial charge in [-0.3, -0.25) is 0 Å². The molecule has 19 heavy (non-hydrogen) atoms. The second-order valence-electron chi connectivity index (χ2n) is 5.65. The molecule has 0 fully saturated rings. The lowest BCUT2D eigenvalue weighted by Crippen LogP contribution is -2.42. The number of ether oxygens (including phenoxy) is 1. The maximum absolute atomic E-state index is 11.5. The van der Waals surface area contributed by atoms with Gasteiger partial charge in [0.05, 0.1) is 12.0 Å². The molecule has 0 saturated heterocycles. The van der Waals surface area contributed by atoms with Crippen molar-refractivity contribution < 1.29 is 9.53 Å². The van der Waals surface area contributed by atoms with Crippen LogP contribution in [0, 0.1) is 6.92 Å². The van der Waals surface area contributed by atoms with Gasteiger partial charge < -0.3 is 20.4 Å². The van der Waals surface area contributed by atoms with Crippen LogP contribution in [0.25, 0.3) is 0 Å². The molecule has 1 heterocycles. The lowest BCUT2D eigenvalue weighted by atomic mass is 10.2. The van der Waals surface area contributed by atoms with Crippen molar-refractivity contribution in [3.05, 3.63) is 17.7 Å². The molecule has 108 valence electrons. The number of hydrogen-bond acceptors (Lipinski definition) is 4. The summed E-state index contributed by atoms with van der Waals surface area (Å²) < 4.78 is 5.18. The molecule has 0 aromatic carbocycles. The topological polar surface area (TPSA) is 79.0 Å². The summed E-state index contributed by atoms with van der Waals surface area (Å²) in [5.74, 6) is 0. The normalized spacial score (nSPS) is 13.1. The number of nitrogens with one attached hydrogen (secondary N) is 3. The molecule has 0 bridgehead atoms. The van der Waals surface area contributed by atoms with Crippen LogP contribution in [0.3, 0.4) is 0 Å². The molecule has 1 amide bonds. The number of carbonyl (C=O) groups excluding carboxylic acids is 1. The second-order valence-corrected chi connectivity index (χ2v) is 5.65. The fourth-order valence-corrected chi connectivity index (χ4v) is 1.53. The molecule has 1 aromatic heterocycles. The summed E-state index contributed by atoms with van der Waals surface area (Å²) >= 11 is 0. The van der Waals surface area contributed by atoms with E-state index in [4.69, 9.17) is 4.74 Å². The van der Waals surface area contributed by atoms with E-state index in [9.17, 15) is 4.79 Å². The molecule has 6 nitrogen and oxygen atoms in total. The van der Waals surface area contributed by atoms with Crippen molar-refractivity contribution in [2.45, 2.75) is 52.8 Å². The first kappa shape index (κ1) is 15.5. The van der Waals surface area contributed by atoms with Crippen molar-refractivity contribution in [2.24, 2.45) is 0 Å². The summed E-state index contributed by atoms with van der Waals surface area (Å²) in [5.41, 5.74) is 1.58. The average molecular weight is 268 g/mol. The standard InChI is InChI=1S/C13H24N4O2/c1-9(17-12(18)19-13(3,4)5)6-14-7-11-10(2)15-8-16-11/h8-9,14H,6-7H2,1-5H3,(H,15,16)(H,17,18). The number of rotatable bonds is 5. The minimum Gasteiger partial charge on any atom is -0.444 e. The highest BCUT2D eigenvalue weighted by atomic mass is 16.6. The molecule has 0 aliphatic heterocycles. The smallest absolute Gasteiger partial charge is 0.407 e. The van der Waals surface area contributed by atoms with Crippen LogP contribution >= 0.6 is 0 Å². The molecular formula is C13H24N4O2. The molecule has 0 aliphatic rings. The van der Waals surface area contributed by atoms with Crippen LogP contribution in [0.4, 0.5) is 4.79 Å². The molecule has 0 radical (unpaired) electrons. The first-order valence-electron chi connectivity index (χ1n) is 6.47. The van der Waals surface area contributed by atoms with Gasteiger partial charge in [0.15, 0.2) is 0 Å². The lowest BCUT2D eigenvalue weighted by Gasteiger charge is -2.22. The largest absolute Gasteiger partial charge is 0.444 e. The number of aromatic amines is 1. The van der Waals surface area contributed by atoms with Gasteiger partial charge in [-0.25, -0.2) is 9.78 Å². The summed E-state index contributed by atoms with van der Waals surface area (Å²) in [4.78, 5) is 18.8. The van der Waals surface area contributed by atoms with Crippen LogP contribution in [0.15, 0.2) is 6.33 Å². The predicted octanol–water partition coefficient (Wildman–Crippen LogP) is 1.72. The summed E-state index contributed by atoms with van der Waals surface area (Å²) in [6.07, 6.45) is 1.28. The first-order chi connectivity index (χ1) is 8.78. The molecule has 1 unspecified atom stereocenters. The molecule has 3 N–H and O–H groups in total. The van der Waals surface area contributed by atoms with Crippen molar-refractivity contribution in [1.82, 2.24) is 20.6 Å². The van der Waals surface area contributed by atoms with Crippen LogP contribution in [0.2, 0.25) is 0 Å². The predicted molar refractivity (Wildman–Crippen MR) is 73.9 cm³/mol. The quantitative estimate of drug-likeness (QED) is 0.759. The van der Waals surface area contributed by atoms with Crippen LogP contribution < -0.4 is 10.6 Å². The maximum atomic E-state index is 11.5.